The second-order valence-electron chi connectivity index (χ2n) is 5.72. The van der Waals surface area contributed by atoms with E-state index in [1.807, 2.05) is 25.4 Å². The molecule has 2 aromatic heterocycles. The summed E-state index contributed by atoms with van der Waals surface area (Å²) in [6, 6.07) is 2.30. The van der Waals surface area contributed by atoms with Gasteiger partial charge in [0.2, 0.25) is 5.95 Å². The molecule has 0 radical (unpaired) electrons. The van der Waals surface area contributed by atoms with Crippen molar-refractivity contribution in [3.05, 3.63) is 29.0 Å². The van der Waals surface area contributed by atoms with Crippen LogP contribution in [-0.2, 0) is 4.74 Å². The zero-order valence-corrected chi connectivity index (χ0v) is 13.5. The molecule has 0 saturated carbocycles. The van der Waals surface area contributed by atoms with Crippen LogP contribution in [0.1, 0.15) is 25.3 Å². The van der Waals surface area contributed by atoms with Gasteiger partial charge in [-0.3, -0.25) is 0 Å². The van der Waals surface area contributed by atoms with E-state index in [9.17, 15) is 0 Å². The number of nitrogens with two attached hydrogens (primary N) is 1. The van der Waals surface area contributed by atoms with Crippen LogP contribution in [0.5, 0.6) is 0 Å². The third kappa shape index (κ3) is 2.71. The Labute approximate surface area is 138 Å². The first-order valence-electron chi connectivity index (χ1n) is 7.70. The van der Waals surface area contributed by atoms with Crippen molar-refractivity contribution in [2.24, 2.45) is 5.10 Å². The van der Waals surface area contributed by atoms with E-state index < -0.39 is 0 Å². The maximum Gasteiger partial charge on any atom is 0.243 e. The van der Waals surface area contributed by atoms with E-state index in [1.165, 1.54) is 0 Å². The second kappa shape index (κ2) is 5.92. The Morgan fingerprint density at radius 1 is 1.39 bits per heavy atom. The van der Waals surface area contributed by atoms with Crippen molar-refractivity contribution in [2.45, 2.75) is 25.8 Å². The lowest BCUT2D eigenvalue weighted by molar-refractivity contribution is -0.589. The molecule has 0 unspecified atom stereocenters. The van der Waals surface area contributed by atoms with E-state index >= 15 is 0 Å². The number of rotatable bonds is 3. The van der Waals surface area contributed by atoms with Gasteiger partial charge in [-0.05, 0) is 25.8 Å². The molecule has 23 heavy (non-hydrogen) atoms. The van der Waals surface area contributed by atoms with Gasteiger partial charge in [-0.2, -0.15) is 10.4 Å². The lowest BCUT2D eigenvalue weighted by Crippen LogP contribution is -2.69. The van der Waals surface area contributed by atoms with Gasteiger partial charge in [0, 0.05) is 31.0 Å². The number of nitrogens with one attached hydrogen (secondary N) is 1. The molecule has 1 saturated heterocycles. The van der Waals surface area contributed by atoms with Gasteiger partial charge in [0.25, 0.3) is 0 Å². The SMILES string of the molecule is CC1=N[NH2+]C=C1c1ccn2nc(NC3CCOCC3)nc2c1Cl. The normalized spacial score (nSPS) is 19.0. The minimum atomic E-state index is 0.348. The summed E-state index contributed by atoms with van der Waals surface area (Å²) in [5.41, 5.74) is 5.35. The van der Waals surface area contributed by atoms with Crippen LogP contribution < -0.4 is 10.7 Å². The van der Waals surface area contributed by atoms with Crippen molar-refractivity contribution >= 4 is 34.5 Å². The number of fused-ring (bicyclic) bond motifs is 1. The minimum absolute atomic E-state index is 0.348. The number of nitrogens with zero attached hydrogens (tertiary/aromatic N) is 4. The van der Waals surface area contributed by atoms with Gasteiger partial charge in [0.05, 0.1) is 10.6 Å². The van der Waals surface area contributed by atoms with Crippen LogP contribution in [0.25, 0.3) is 11.2 Å². The Morgan fingerprint density at radius 3 is 2.96 bits per heavy atom. The summed E-state index contributed by atoms with van der Waals surface area (Å²) in [7, 11) is 0. The highest BCUT2D eigenvalue weighted by Crippen LogP contribution is 2.29. The number of aromatic nitrogens is 3. The molecule has 7 nitrogen and oxygen atoms in total. The van der Waals surface area contributed by atoms with E-state index in [0.29, 0.717) is 22.7 Å². The van der Waals surface area contributed by atoms with Crippen molar-refractivity contribution in [1.29, 1.82) is 0 Å². The Morgan fingerprint density at radius 2 is 2.22 bits per heavy atom. The first-order chi connectivity index (χ1) is 11.2. The first kappa shape index (κ1) is 14.6. The van der Waals surface area contributed by atoms with Crippen LogP contribution >= 0.6 is 11.6 Å². The number of hydrogen-bond acceptors (Lipinski definition) is 5. The summed E-state index contributed by atoms with van der Waals surface area (Å²) in [6.45, 7) is 3.52. The highest BCUT2D eigenvalue weighted by Gasteiger charge is 2.21. The largest absolute Gasteiger partial charge is 0.381 e. The van der Waals surface area contributed by atoms with E-state index in [0.717, 1.165) is 42.9 Å². The quantitative estimate of drug-likeness (QED) is 0.829. The molecule has 2 aromatic rings. The third-order valence-corrected chi connectivity index (χ3v) is 4.56. The fourth-order valence-electron chi connectivity index (χ4n) is 2.91. The molecule has 4 heterocycles. The molecule has 1 fully saturated rings. The number of allylic oxidation sites excluding steroid dienone is 1. The Kier molecular flexibility index (Phi) is 3.76. The number of halogens is 1. The summed E-state index contributed by atoms with van der Waals surface area (Å²) in [5.74, 6) is 0.605. The van der Waals surface area contributed by atoms with Gasteiger partial charge in [-0.25, -0.2) is 4.52 Å². The highest BCUT2D eigenvalue weighted by molar-refractivity contribution is 6.38. The summed E-state index contributed by atoms with van der Waals surface area (Å²) >= 11 is 6.56. The molecule has 4 rings (SSSR count). The van der Waals surface area contributed by atoms with Crippen LogP contribution in [0.2, 0.25) is 5.02 Å². The lowest BCUT2D eigenvalue weighted by Gasteiger charge is -2.22. The number of quaternary nitrogens is 1. The lowest BCUT2D eigenvalue weighted by atomic mass is 10.1. The van der Waals surface area contributed by atoms with Crippen molar-refractivity contribution in [1.82, 2.24) is 14.6 Å². The maximum atomic E-state index is 6.56. The van der Waals surface area contributed by atoms with Crippen LogP contribution in [0.15, 0.2) is 23.6 Å². The monoisotopic (exact) mass is 333 g/mol. The van der Waals surface area contributed by atoms with Gasteiger partial charge in [0.1, 0.15) is 11.9 Å². The van der Waals surface area contributed by atoms with Crippen molar-refractivity contribution in [3.8, 4) is 0 Å². The zero-order valence-electron chi connectivity index (χ0n) is 12.8. The second-order valence-corrected chi connectivity index (χ2v) is 6.10. The minimum Gasteiger partial charge on any atom is -0.381 e. The molecule has 3 N–H and O–H groups in total. The number of ether oxygens (including phenoxy) is 1. The Balaban J connectivity index is 1.66. The van der Waals surface area contributed by atoms with E-state index in [2.05, 4.69) is 20.5 Å². The van der Waals surface area contributed by atoms with Gasteiger partial charge in [-0.15, -0.1) is 5.10 Å². The van der Waals surface area contributed by atoms with Crippen molar-refractivity contribution < 1.29 is 10.2 Å². The van der Waals surface area contributed by atoms with Crippen LogP contribution in [0.3, 0.4) is 0 Å². The molecule has 0 spiro atoms. The predicted octanol–water partition coefficient (Wildman–Crippen LogP) is 1.27. The van der Waals surface area contributed by atoms with Gasteiger partial charge >= 0.3 is 0 Å². The molecule has 0 aromatic carbocycles. The molecule has 0 atom stereocenters. The van der Waals surface area contributed by atoms with Gasteiger partial charge < -0.3 is 10.1 Å². The van der Waals surface area contributed by atoms with Crippen LogP contribution in [0, 0.1) is 0 Å². The number of pyridine rings is 1. The van der Waals surface area contributed by atoms with Crippen LogP contribution in [0.4, 0.5) is 5.95 Å². The molecule has 0 bridgehead atoms. The summed E-state index contributed by atoms with van der Waals surface area (Å²) < 4.78 is 7.08. The third-order valence-electron chi connectivity index (χ3n) is 4.19. The Hall–Kier alpha value is -1.96. The van der Waals surface area contributed by atoms with Gasteiger partial charge in [-0.1, -0.05) is 16.7 Å². The van der Waals surface area contributed by atoms with E-state index in [-0.39, 0.29) is 0 Å². The molecule has 2 aliphatic heterocycles. The van der Waals surface area contributed by atoms with Gasteiger partial charge in [0.15, 0.2) is 5.65 Å². The maximum absolute atomic E-state index is 6.56. The molecule has 0 amide bonds. The fourth-order valence-corrected chi connectivity index (χ4v) is 3.20. The number of anilines is 1. The molecular weight excluding hydrogens is 316 g/mol. The fraction of sp³-hybridized carbons (Fsp3) is 0.400. The highest BCUT2D eigenvalue weighted by atomic mass is 35.5. The summed E-state index contributed by atoms with van der Waals surface area (Å²) in [5, 5.41) is 12.7. The topological polar surface area (TPSA) is 80.4 Å². The molecule has 120 valence electrons. The first-order valence-corrected chi connectivity index (χ1v) is 8.08. The van der Waals surface area contributed by atoms with Crippen LogP contribution in [-0.4, -0.2) is 39.6 Å². The summed E-state index contributed by atoms with van der Waals surface area (Å²) in [6.07, 6.45) is 5.77. The standard InChI is InChI=1S/C15H17ClN6O/c1-9-12(8-17-20-9)11-2-5-22-14(13(11)16)19-15(21-22)18-10-3-6-23-7-4-10/h2,5,8,10H,3-4,6-7H2,1H3,(H,17,20)(H,18,21)/p+1. The Bertz CT molecular complexity index is 806. The van der Waals surface area contributed by atoms with E-state index in [1.54, 1.807) is 9.94 Å². The summed E-state index contributed by atoms with van der Waals surface area (Å²) in [4.78, 5) is 4.55. The van der Waals surface area contributed by atoms with Crippen molar-refractivity contribution in [3.63, 3.8) is 0 Å². The molecule has 8 heteroatoms. The predicted molar refractivity (Wildman–Crippen MR) is 88.5 cm³/mol. The number of hydrogen-bond donors (Lipinski definition) is 2. The molecule has 2 aliphatic rings. The average Bonchev–Trinajstić information content (AvgIpc) is 3.15. The average molecular weight is 334 g/mol. The van der Waals surface area contributed by atoms with E-state index in [4.69, 9.17) is 16.3 Å². The molecule has 0 aliphatic carbocycles. The molecular formula is C15H18ClN6O+. The zero-order chi connectivity index (χ0) is 15.8. The van der Waals surface area contributed by atoms with Crippen molar-refractivity contribution in [2.75, 3.05) is 18.5 Å². The smallest absolute Gasteiger partial charge is 0.243 e.